The summed E-state index contributed by atoms with van der Waals surface area (Å²) in [6.07, 6.45) is 1.19. The highest BCUT2D eigenvalue weighted by molar-refractivity contribution is 6.04. The van der Waals surface area contributed by atoms with Crippen LogP contribution in [0.1, 0.15) is 50.7 Å². The highest BCUT2D eigenvalue weighted by Crippen LogP contribution is 2.47. The molecule has 32 heavy (non-hydrogen) atoms. The molecular formula is C27H29NO4. The minimum atomic E-state index is -0.492. The minimum absolute atomic E-state index is 0.0671. The predicted octanol–water partition coefficient (Wildman–Crippen LogP) is 5.04. The van der Waals surface area contributed by atoms with Crippen molar-refractivity contribution in [1.29, 1.82) is 0 Å². The average molecular weight is 432 g/mol. The number of carbonyl (C=O) groups excluding carboxylic acids is 2. The molecule has 0 unspecified atom stereocenters. The van der Waals surface area contributed by atoms with E-state index in [1.807, 2.05) is 61.5 Å². The maximum absolute atomic E-state index is 13.3. The number of ether oxygens (including phenoxy) is 2. The highest BCUT2D eigenvalue weighted by atomic mass is 16.5. The van der Waals surface area contributed by atoms with E-state index in [-0.39, 0.29) is 17.8 Å². The molecule has 1 N–H and O–H groups in total. The Morgan fingerprint density at radius 1 is 1.09 bits per heavy atom. The second-order valence-electron chi connectivity index (χ2n) is 9.27. The van der Waals surface area contributed by atoms with E-state index in [0.29, 0.717) is 23.3 Å². The number of benzene rings is 2. The van der Waals surface area contributed by atoms with Crippen LogP contribution in [0.25, 0.3) is 0 Å². The van der Waals surface area contributed by atoms with Crippen LogP contribution < -0.4 is 10.1 Å². The zero-order valence-electron chi connectivity index (χ0n) is 19.0. The molecule has 2 aliphatic rings. The number of carbonyl (C=O) groups is 2. The van der Waals surface area contributed by atoms with E-state index in [0.717, 1.165) is 28.9 Å². The predicted molar refractivity (Wildman–Crippen MR) is 123 cm³/mol. The Labute approximate surface area is 189 Å². The maximum atomic E-state index is 13.3. The van der Waals surface area contributed by atoms with Crippen molar-refractivity contribution in [1.82, 2.24) is 5.32 Å². The van der Waals surface area contributed by atoms with Crippen LogP contribution in [0.3, 0.4) is 0 Å². The Hall–Kier alpha value is -3.34. The molecule has 0 saturated heterocycles. The van der Waals surface area contributed by atoms with Gasteiger partial charge in [-0.3, -0.25) is 4.79 Å². The van der Waals surface area contributed by atoms with Crippen molar-refractivity contribution in [3.05, 3.63) is 88.3 Å². The number of ketones is 1. The summed E-state index contributed by atoms with van der Waals surface area (Å²) in [5, 5.41) is 3.37. The first-order valence-corrected chi connectivity index (χ1v) is 10.9. The smallest absolute Gasteiger partial charge is 0.337 e. The summed E-state index contributed by atoms with van der Waals surface area (Å²) >= 11 is 0. The fraction of sp³-hybridized carbons (Fsp3) is 0.333. The van der Waals surface area contributed by atoms with E-state index in [2.05, 4.69) is 19.2 Å². The molecule has 0 aromatic heterocycles. The van der Waals surface area contributed by atoms with Gasteiger partial charge in [0, 0.05) is 29.3 Å². The molecule has 1 aliphatic carbocycles. The molecule has 0 radical (unpaired) electrons. The van der Waals surface area contributed by atoms with Gasteiger partial charge in [0.1, 0.15) is 12.4 Å². The highest BCUT2D eigenvalue weighted by Gasteiger charge is 2.43. The van der Waals surface area contributed by atoms with Gasteiger partial charge in [0.05, 0.1) is 12.7 Å². The van der Waals surface area contributed by atoms with Crippen molar-refractivity contribution in [3.63, 3.8) is 0 Å². The molecule has 0 amide bonds. The van der Waals surface area contributed by atoms with Gasteiger partial charge in [-0.1, -0.05) is 56.3 Å². The molecule has 0 saturated carbocycles. The largest absolute Gasteiger partial charge is 0.497 e. The van der Waals surface area contributed by atoms with Crippen molar-refractivity contribution in [2.24, 2.45) is 5.41 Å². The van der Waals surface area contributed by atoms with Gasteiger partial charge < -0.3 is 14.8 Å². The number of nitrogens with one attached hydrogen (secondary N) is 1. The summed E-state index contributed by atoms with van der Waals surface area (Å²) in [5.74, 6) is -0.164. The molecule has 5 nitrogen and oxygen atoms in total. The fourth-order valence-electron chi connectivity index (χ4n) is 4.66. The summed E-state index contributed by atoms with van der Waals surface area (Å²) in [4.78, 5) is 26.7. The lowest BCUT2D eigenvalue weighted by atomic mass is 9.68. The third-order valence-electron chi connectivity index (χ3n) is 6.10. The summed E-state index contributed by atoms with van der Waals surface area (Å²) in [6.45, 7) is 6.25. The molecule has 0 fully saturated rings. The molecule has 1 aliphatic heterocycles. The van der Waals surface area contributed by atoms with Gasteiger partial charge in [0.25, 0.3) is 0 Å². The van der Waals surface area contributed by atoms with Gasteiger partial charge in [0.15, 0.2) is 5.78 Å². The van der Waals surface area contributed by atoms with E-state index in [4.69, 9.17) is 9.47 Å². The van der Waals surface area contributed by atoms with Gasteiger partial charge >= 0.3 is 5.97 Å². The molecule has 2 aromatic rings. The van der Waals surface area contributed by atoms with Gasteiger partial charge in [-0.2, -0.15) is 0 Å². The third-order valence-corrected chi connectivity index (χ3v) is 6.10. The number of allylic oxidation sites excluding steroid dienone is 3. The average Bonchev–Trinajstić information content (AvgIpc) is 2.76. The lowest BCUT2D eigenvalue weighted by molar-refractivity contribution is -0.140. The second kappa shape index (κ2) is 8.65. The number of hydrogen-bond donors (Lipinski definition) is 1. The maximum Gasteiger partial charge on any atom is 0.337 e. The molecule has 166 valence electrons. The van der Waals surface area contributed by atoms with E-state index in [1.54, 1.807) is 7.11 Å². The monoisotopic (exact) mass is 431 g/mol. The molecule has 2 aromatic carbocycles. The summed E-state index contributed by atoms with van der Waals surface area (Å²) < 4.78 is 11.1. The van der Waals surface area contributed by atoms with E-state index in [9.17, 15) is 9.59 Å². The quantitative estimate of drug-likeness (QED) is 0.672. The summed E-state index contributed by atoms with van der Waals surface area (Å²) in [6, 6.07) is 17.2. The van der Waals surface area contributed by atoms with Gasteiger partial charge in [-0.25, -0.2) is 4.79 Å². The molecule has 1 heterocycles. The second-order valence-corrected chi connectivity index (χ2v) is 9.27. The summed E-state index contributed by atoms with van der Waals surface area (Å²) in [7, 11) is 1.61. The van der Waals surface area contributed by atoms with Crippen LogP contribution in [0.4, 0.5) is 0 Å². The Kier molecular flexibility index (Phi) is 5.92. The normalized spacial score (nSPS) is 19.9. The van der Waals surface area contributed by atoms with Gasteiger partial charge in [0.2, 0.25) is 0 Å². The fourth-order valence-corrected chi connectivity index (χ4v) is 4.66. The number of dihydropyridines is 1. The number of hydrogen-bond acceptors (Lipinski definition) is 5. The van der Waals surface area contributed by atoms with Crippen molar-refractivity contribution in [3.8, 4) is 5.75 Å². The minimum Gasteiger partial charge on any atom is -0.497 e. The lowest BCUT2D eigenvalue weighted by Gasteiger charge is -2.39. The molecule has 5 heteroatoms. The molecule has 0 bridgehead atoms. The number of rotatable bonds is 5. The number of methoxy groups -OCH3 is 1. The first-order chi connectivity index (χ1) is 15.3. The topological polar surface area (TPSA) is 64.6 Å². The Morgan fingerprint density at radius 3 is 2.56 bits per heavy atom. The van der Waals surface area contributed by atoms with Crippen LogP contribution in [0.15, 0.2) is 77.1 Å². The van der Waals surface area contributed by atoms with Crippen LogP contribution in [0, 0.1) is 5.41 Å². The zero-order valence-corrected chi connectivity index (χ0v) is 19.0. The van der Waals surface area contributed by atoms with Gasteiger partial charge in [-0.15, -0.1) is 0 Å². The number of esters is 1. The molecule has 0 spiro atoms. The number of Topliss-reactive ketones (excluding diaryl/α,β-unsaturated/α-hetero) is 1. The van der Waals surface area contributed by atoms with Crippen LogP contribution in [-0.4, -0.2) is 18.9 Å². The standard InChI is InChI=1S/C27H29NO4/c1-17-23(26(30)32-16-18-9-6-5-7-10-18)24(19-11-8-12-20(13-19)31-4)25-21(28-17)14-27(2,3)15-22(25)29/h5-13,24,28H,14-16H2,1-4H3/t24-/m1/s1. The Balaban J connectivity index is 1.75. The molecule has 1 atom stereocenters. The van der Waals surface area contributed by atoms with Crippen LogP contribution in [-0.2, 0) is 20.9 Å². The SMILES string of the molecule is COc1cccc([C@@H]2C(C(=O)OCc3ccccc3)=C(C)NC3=C2C(=O)CC(C)(C)C3)c1. The first-order valence-electron chi connectivity index (χ1n) is 10.9. The Morgan fingerprint density at radius 2 is 1.84 bits per heavy atom. The van der Waals surface area contributed by atoms with Gasteiger partial charge in [-0.05, 0) is 42.0 Å². The first kappa shape index (κ1) is 21.9. The van der Waals surface area contributed by atoms with E-state index < -0.39 is 11.9 Å². The lowest BCUT2D eigenvalue weighted by Crippen LogP contribution is -2.38. The zero-order chi connectivity index (χ0) is 22.9. The van der Waals surface area contributed by atoms with Crippen molar-refractivity contribution < 1.29 is 19.1 Å². The van der Waals surface area contributed by atoms with Crippen LogP contribution >= 0.6 is 0 Å². The van der Waals surface area contributed by atoms with E-state index in [1.165, 1.54) is 0 Å². The van der Waals surface area contributed by atoms with Crippen LogP contribution in [0.5, 0.6) is 5.75 Å². The summed E-state index contributed by atoms with van der Waals surface area (Å²) in [5.41, 5.74) is 4.38. The molecular weight excluding hydrogens is 402 g/mol. The third kappa shape index (κ3) is 4.33. The van der Waals surface area contributed by atoms with Crippen molar-refractivity contribution in [2.75, 3.05) is 7.11 Å². The van der Waals surface area contributed by atoms with E-state index >= 15 is 0 Å². The Bertz CT molecular complexity index is 1110. The van der Waals surface area contributed by atoms with Crippen molar-refractivity contribution in [2.45, 2.75) is 46.1 Å². The molecule has 4 rings (SSSR count). The van der Waals surface area contributed by atoms with Crippen molar-refractivity contribution >= 4 is 11.8 Å². The van der Waals surface area contributed by atoms with Crippen LogP contribution in [0.2, 0.25) is 0 Å².